The van der Waals surface area contributed by atoms with Gasteiger partial charge in [-0.05, 0) is 13.3 Å². The van der Waals surface area contributed by atoms with Crippen LogP contribution in [0.15, 0.2) is 10.3 Å². The molecule has 0 saturated carbocycles. The van der Waals surface area contributed by atoms with E-state index in [2.05, 4.69) is 10.3 Å². The first kappa shape index (κ1) is 7.94. The van der Waals surface area contributed by atoms with Gasteiger partial charge in [0.15, 0.2) is 0 Å². The normalized spacial score (nSPS) is 14.0. The highest BCUT2D eigenvalue weighted by molar-refractivity contribution is 6.41. The van der Waals surface area contributed by atoms with Crippen LogP contribution >= 0.6 is 0 Å². The number of rotatable bonds is 2. The number of hydrogen-bond acceptors (Lipinski definition) is 4. The maximum absolute atomic E-state index is 8.22. The lowest BCUT2D eigenvalue weighted by molar-refractivity contribution is 0.313. The van der Waals surface area contributed by atoms with E-state index in [1.807, 2.05) is 6.92 Å². The summed E-state index contributed by atoms with van der Waals surface area (Å²) in [6.07, 6.45) is 0.562. The maximum Gasteiger partial charge on any atom is 0.104 e. The minimum Gasteiger partial charge on any atom is -0.411 e. The van der Waals surface area contributed by atoms with Crippen LogP contribution in [-0.4, -0.2) is 21.8 Å². The largest absolute Gasteiger partial charge is 0.411 e. The summed E-state index contributed by atoms with van der Waals surface area (Å²) in [6, 6.07) is 0. The lowest BCUT2D eigenvalue weighted by Gasteiger charge is -1.94. The van der Waals surface area contributed by atoms with Gasteiger partial charge in [0, 0.05) is 0 Å². The third kappa shape index (κ3) is 2.12. The smallest absolute Gasteiger partial charge is 0.104 e. The molecule has 0 atom stereocenters. The van der Waals surface area contributed by atoms with Crippen LogP contribution in [0.25, 0.3) is 0 Å². The summed E-state index contributed by atoms with van der Waals surface area (Å²) in [5.74, 6) is 0. The summed E-state index contributed by atoms with van der Waals surface area (Å²) in [4.78, 5) is 0. The summed E-state index contributed by atoms with van der Waals surface area (Å²) in [7, 11) is 0. The molecule has 0 rings (SSSR count). The lowest BCUT2D eigenvalue weighted by atomic mass is 10.2. The fourth-order valence-electron chi connectivity index (χ4n) is 0.457. The predicted molar refractivity (Wildman–Crippen MR) is 34.4 cm³/mol. The van der Waals surface area contributed by atoms with Gasteiger partial charge in [0.25, 0.3) is 0 Å². The van der Waals surface area contributed by atoms with Gasteiger partial charge in [-0.2, -0.15) is 0 Å². The molecule has 0 aromatic heterocycles. The van der Waals surface area contributed by atoms with Gasteiger partial charge in [-0.1, -0.05) is 17.2 Å². The number of oxime groups is 2. The van der Waals surface area contributed by atoms with E-state index in [0.29, 0.717) is 17.8 Å². The molecule has 0 bridgehead atoms. The molecule has 2 N–H and O–H groups in total. The molecule has 0 amide bonds. The Balaban J connectivity index is 4.14. The van der Waals surface area contributed by atoms with E-state index in [-0.39, 0.29) is 0 Å². The van der Waals surface area contributed by atoms with Gasteiger partial charge in [-0.3, -0.25) is 0 Å². The quantitative estimate of drug-likeness (QED) is 0.333. The Labute approximate surface area is 53.5 Å². The van der Waals surface area contributed by atoms with Crippen LogP contribution in [0.1, 0.15) is 20.3 Å². The summed E-state index contributed by atoms with van der Waals surface area (Å²) < 4.78 is 0. The first-order valence-corrected chi connectivity index (χ1v) is 2.66. The molecule has 0 aromatic carbocycles. The molecule has 52 valence electrons. The van der Waals surface area contributed by atoms with Crippen molar-refractivity contribution in [2.24, 2.45) is 10.3 Å². The van der Waals surface area contributed by atoms with Crippen molar-refractivity contribution in [1.29, 1.82) is 0 Å². The second-order valence-electron chi connectivity index (χ2n) is 1.59. The van der Waals surface area contributed by atoms with Crippen molar-refractivity contribution in [2.75, 3.05) is 0 Å². The third-order valence-electron chi connectivity index (χ3n) is 1.02. The van der Waals surface area contributed by atoms with Gasteiger partial charge < -0.3 is 10.4 Å². The summed E-state index contributed by atoms with van der Waals surface area (Å²) in [6.45, 7) is 3.38. The van der Waals surface area contributed by atoms with Crippen molar-refractivity contribution in [3.8, 4) is 0 Å². The van der Waals surface area contributed by atoms with Gasteiger partial charge in [-0.15, -0.1) is 0 Å². The van der Waals surface area contributed by atoms with Crippen LogP contribution in [0.5, 0.6) is 0 Å². The molecule has 0 aliphatic rings. The molecule has 0 heterocycles. The second-order valence-corrected chi connectivity index (χ2v) is 1.59. The SMILES string of the molecule is CCC(=N/O)/C(C)=N\O. The highest BCUT2D eigenvalue weighted by Gasteiger charge is 1.99. The molecule has 0 spiro atoms. The molecular weight excluding hydrogens is 120 g/mol. The zero-order valence-electron chi connectivity index (χ0n) is 5.50. The monoisotopic (exact) mass is 130 g/mol. The summed E-state index contributed by atoms with van der Waals surface area (Å²) in [5.41, 5.74) is 0.748. The molecule has 0 aliphatic carbocycles. The Hall–Kier alpha value is -1.06. The average molecular weight is 130 g/mol. The molecule has 9 heavy (non-hydrogen) atoms. The van der Waals surface area contributed by atoms with Crippen molar-refractivity contribution in [3.05, 3.63) is 0 Å². The highest BCUT2D eigenvalue weighted by atomic mass is 16.4. The van der Waals surface area contributed by atoms with Gasteiger partial charge in [-0.25, -0.2) is 0 Å². The van der Waals surface area contributed by atoms with Crippen LogP contribution in [-0.2, 0) is 0 Å². The Bertz CT molecular complexity index is 140. The molecule has 4 nitrogen and oxygen atoms in total. The number of nitrogens with zero attached hydrogens (tertiary/aromatic N) is 2. The van der Waals surface area contributed by atoms with E-state index >= 15 is 0 Å². The van der Waals surface area contributed by atoms with Crippen LogP contribution in [0.4, 0.5) is 0 Å². The van der Waals surface area contributed by atoms with Crippen molar-refractivity contribution in [1.82, 2.24) is 0 Å². The van der Waals surface area contributed by atoms with E-state index in [4.69, 9.17) is 10.4 Å². The van der Waals surface area contributed by atoms with E-state index in [9.17, 15) is 0 Å². The zero-order valence-corrected chi connectivity index (χ0v) is 5.50. The second kappa shape index (κ2) is 3.88. The topological polar surface area (TPSA) is 65.2 Å². The fourth-order valence-corrected chi connectivity index (χ4v) is 0.457. The summed E-state index contributed by atoms with van der Waals surface area (Å²) in [5, 5.41) is 22.1. The number of hydrogen-bond donors (Lipinski definition) is 2. The van der Waals surface area contributed by atoms with Crippen molar-refractivity contribution < 1.29 is 10.4 Å². The Morgan fingerprint density at radius 1 is 1.33 bits per heavy atom. The minimum absolute atomic E-state index is 0.347. The Kier molecular flexibility index (Phi) is 3.43. The van der Waals surface area contributed by atoms with Gasteiger partial charge in [0.1, 0.15) is 11.4 Å². The van der Waals surface area contributed by atoms with E-state index in [0.717, 1.165) is 0 Å². The predicted octanol–water partition coefficient (Wildman–Crippen LogP) is 1.08. The maximum atomic E-state index is 8.22. The molecule has 0 aliphatic heterocycles. The van der Waals surface area contributed by atoms with Crippen molar-refractivity contribution in [3.63, 3.8) is 0 Å². The first-order valence-electron chi connectivity index (χ1n) is 2.66. The highest BCUT2D eigenvalue weighted by Crippen LogP contribution is 1.87. The zero-order chi connectivity index (χ0) is 7.28. The van der Waals surface area contributed by atoms with E-state index in [1.54, 1.807) is 6.92 Å². The fraction of sp³-hybridized carbons (Fsp3) is 0.600. The standard InChI is InChI=1S/C5H10N2O2/c1-3-5(7-9)4(2)6-8/h8-9H,3H2,1-2H3/b6-4-,7-5-. The van der Waals surface area contributed by atoms with Gasteiger partial charge in [0.2, 0.25) is 0 Å². The Morgan fingerprint density at radius 2 is 1.89 bits per heavy atom. The lowest BCUT2D eigenvalue weighted by Crippen LogP contribution is -2.08. The molecule has 0 unspecified atom stereocenters. The van der Waals surface area contributed by atoms with Crippen LogP contribution < -0.4 is 0 Å². The van der Waals surface area contributed by atoms with E-state index < -0.39 is 0 Å². The van der Waals surface area contributed by atoms with Gasteiger partial charge >= 0.3 is 0 Å². The summed E-state index contributed by atoms with van der Waals surface area (Å²) >= 11 is 0. The van der Waals surface area contributed by atoms with Crippen LogP contribution in [0.3, 0.4) is 0 Å². The molecular formula is C5H10N2O2. The molecule has 0 aromatic rings. The average Bonchev–Trinajstić information content (AvgIpc) is 1.90. The first-order chi connectivity index (χ1) is 4.26. The molecule has 0 fully saturated rings. The van der Waals surface area contributed by atoms with Crippen LogP contribution in [0.2, 0.25) is 0 Å². The molecule has 0 saturated heterocycles. The van der Waals surface area contributed by atoms with Crippen LogP contribution in [0, 0.1) is 0 Å². The van der Waals surface area contributed by atoms with Gasteiger partial charge in [0.05, 0.1) is 0 Å². The third-order valence-corrected chi connectivity index (χ3v) is 1.02. The molecule has 4 heteroatoms. The van der Waals surface area contributed by atoms with Crippen molar-refractivity contribution >= 4 is 11.4 Å². The minimum atomic E-state index is 0.347. The van der Waals surface area contributed by atoms with E-state index in [1.165, 1.54) is 0 Å². The Morgan fingerprint density at radius 3 is 2.00 bits per heavy atom. The molecule has 0 radical (unpaired) electrons. The van der Waals surface area contributed by atoms with Crippen molar-refractivity contribution in [2.45, 2.75) is 20.3 Å².